The van der Waals surface area contributed by atoms with Gasteiger partial charge in [-0.15, -0.1) is 0 Å². The Kier molecular flexibility index (Phi) is 6.35. The first-order valence-electron chi connectivity index (χ1n) is 26.4. The maximum absolute atomic E-state index is 15.9. The molecule has 0 N–H and O–H groups in total. The van der Waals surface area contributed by atoms with Crippen LogP contribution in [-0.2, 0) is 28.2 Å². The van der Waals surface area contributed by atoms with Gasteiger partial charge in [0.05, 0.1) is 54.4 Å². The van der Waals surface area contributed by atoms with Crippen molar-refractivity contribution in [1.82, 2.24) is 27.4 Å². The monoisotopic (exact) mass is 1040 g/mol. The highest BCUT2D eigenvalue weighted by Gasteiger charge is 2.39. The Bertz CT molecular complexity index is 6500. The molecule has 6 heterocycles. The topological polar surface area (TPSA) is 166 Å². The molecule has 0 unspecified atom stereocenters. The largest absolute Gasteiger partial charge is 0.309 e. The number of nitrogens with zero attached hydrogens (tertiary/aromatic N) is 6. The molecule has 0 atom stereocenters. The average Bonchev–Trinajstić information content (AvgIpc) is 1.28. The molecule has 0 fully saturated rings. The first-order valence-corrected chi connectivity index (χ1v) is 26.4. The van der Waals surface area contributed by atoms with Crippen LogP contribution in [0.15, 0.2) is 123 Å². The molecule has 0 aliphatic heterocycles. The van der Waals surface area contributed by atoms with E-state index in [1.807, 2.05) is 98.8 Å². The minimum Gasteiger partial charge on any atom is -0.309 e. The molecule has 374 valence electrons. The van der Waals surface area contributed by atoms with Crippen molar-refractivity contribution in [3.63, 3.8) is 0 Å². The standard InChI is InChI=1S/C66H32N6O8/c1-21-7-11-23(12-8-21)71-33-17-29-37-27(59(73)67(3)61(29)75)15-25-39-49(37)45(33)47-35(71)19-31-43-51(47)53(39)55-42(57(43)65(79)69(5)63(31)77)26-16-28-38-30(62(76)68(4)60(28)74)18-34-46-48-36(72(34)24-13-9-22(2)10-14-24)20-32-44-52(48)54(40(26)50(38)46)56(55)41(25)58(44)66(80)70(6)64(32)78/h7-20H,1-6H3. The van der Waals surface area contributed by atoms with Crippen LogP contribution >= 0.6 is 0 Å². The van der Waals surface area contributed by atoms with Gasteiger partial charge in [0, 0.05) is 147 Å². The Labute approximate surface area is 441 Å². The van der Waals surface area contributed by atoms with Gasteiger partial charge in [0.25, 0.3) is 44.5 Å². The molecule has 0 saturated heterocycles. The van der Waals surface area contributed by atoms with Gasteiger partial charge in [-0.2, -0.15) is 0 Å². The molecule has 0 amide bonds. The molecule has 0 radical (unpaired) electrons. The zero-order valence-corrected chi connectivity index (χ0v) is 43.0. The molecule has 14 nitrogen and oxygen atoms in total. The summed E-state index contributed by atoms with van der Waals surface area (Å²) in [4.78, 5) is 122. The summed E-state index contributed by atoms with van der Waals surface area (Å²) in [5.41, 5.74) is 1.93. The zero-order valence-electron chi connectivity index (χ0n) is 43.0. The van der Waals surface area contributed by atoms with Crippen LogP contribution in [0.2, 0.25) is 0 Å². The maximum Gasteiger partial charge on any atom is 0.261 e. The SMILES string of the molecule is Cc1ccc(-n2c3cc4c(=O)n(C)c(=O)c5cc6c7c8c(=O)n(C)c(=O)c9cc%10c%11c(c98)c8c9c(cc%12c(=O)n(C)c(=O)c%13cc(c%11c9c%12%13)n%10-c9ccc(C)cc9)c9c%10c(=O)n(C)c(=O)c%11cc2c2c(c%11%10)c(c6c(c54)c23)c9c78)cc1. The van der Waals surface area contributed by atoms with Crippen LogP contribution in [-0.4, -0.2) is 27.4 Å². The van der Waals surface area contributed by atoms with Gasteiger partial charge in [-0.05, 0) is 96.1 Å². The number of aryl methyl sites for hydroxylation is 2. The van der Waals surface area contributed by atoms with E-state index in [4.69, 9.17) is 0 Å². The predicted octanol–water partition coefficient (Wildman–Crippen LogP) is 9.54. The molecule has 0 spiro atoms. The average molecular weight is 1040 g/mol. The first kappa shape index (κ1) is 41.5. The summed E-state index contributed by atoms with van der Waals surface area (Å²) in [7, 11) is 5.90. The summed E-state index contributed by atoms with van der Waals surface area (Å²) in [5.74, 6) is 0. The maximum atomic E-state index is 15.9. The van der Waals surface area contributed by atoms with Gasteiger partial charge in [-0.1, -0.05) is 35.4 Å². The van der Waals surface area contributed by atoms with Crippen LogP contribution < -0.4 is 44.5 Å². The van der Waals surface area contributed by atoms with Gasteiger partial charge in [-0.25, -0.2) is 0 Å². The number of aromatic nitrogens is 6. The normalized spacial score (nSPS) is 13.5. The van der Waals surface area contributed by atoms with Crippen LogP contribution in [0.1, 0.15) is 11.1 Å². The predicted molar refractivity (Wildman–Crippen MR) is 321 cm³/mol. The summed E-state index contributed by atoms with van der Waals surface area (Å²) >= 11 is 0. The molecule has 0 bridgehead atoms. The van der Waals surface area contributed by atoms with E-state index in [-0.39, 0.29) is 32.3 Å². The zero-order chi connectivity index (χ0) is 53.9. The van der Waals surface area contributed by atoms with E-state index in [9.17, 15) is 9.59 Å². The summed E-state index contributed by atoms with van der Waals surface area (Å²) in [6.45, 7) is 4.00. The number of hydrogen-bond acceptors (Lipinski definition) is 8. The molecule has 14 aromatic carbocycles. The smallest absolute Gasteiger partial charge is 0.261 e. The lowest BCUT2D eigenvalue weighted by molar-refractivity contribution is 0.841. The van der Waals surface area contributed by atoms with Gasteiger partial charge in [0.15, 0.2) is 0 Å². The number of fused-ring (bicyclic) bond motifs is 4. The van der Waals surface area contributed by atoms with Crippen LogP contribution in [0.4, 0.5) is 0 Å². The number of hydrogen-bond donors (Lipinski definition) is 0. The molecule has 20 aromatic rings. The number of benzene rings is 14. The van der Waals surface area contributed by atoms with E-state index in [1.54, 1.807) is 0 Å². The highest BCUT2D eigenvalue weighted by Crippen LogP contribution is 2.62. The molecule has 80 heavy (non-hydrogen) atoms. The first-order chi connectivity index (χ1) is 38.6. The lowest BCUT2D eigenvalue weighted by Crippen LogP contribution is -2.31. The number of rotatable bonds is 2. The molecule has 0 saturated carbocycles. The second-order valence-corrected chi connectivity index (χ2v) is 23.0. The van der Waals surface area contributed by atoms with E-state index < -0.39 is 44.5 Å². The minimum atomic E-state index is -0.561. The van der Waals surface area contributed by atoms with Gasteiger partial charge in [0.2, 0.25) is 0 Å². The van der Waals surface area contributed by atoms with Crippen molar-refractivity contribution in [3.8, 4) is 11.4 Å². The van der Waals surface area contributed by atoms with Crippen molar-refractivity contribution >= 4 is 184 Å². The third kappa shape index (κ3) is 3.86. The van der Waals surface area contributed by atoms with Crippen LogP contribution in [0.5, 0.6) is 0 Å². The van der Waals surface area contributed by atoms with Crippen molar-refractivity contribution < 1.29 is 0 Å². The summed E-state index contributed by atoms with van der Waals surface area (Å²) in [5, 5.41) is 15.0. The van der Waals surface area contributed by atoms with Gasteiger partial charge in [-0.3, -0.25) is 56.6 Å². The Morgan fingerprint density at radius 1 is 0.225 bits per heavy atom. The third-order valence-electron chi connectivity index (χ3n) is 19.5. The fraction of sp³-hybridized carbons (Fsp3) is 0.0909. The van der Waals surface area contributed by atoms with Crippen molar-refractivity contribution in [3.05, 3.63) is 179 Å². The van der Waals surface area contributed by atoms with Crippen LogP contribution in [0.25, 0.3) is 195 Å². The fourth-order valence-electron chi connectivity index (χ4n) is 16.2. The van der Waals surface area contributed by atoms with Gasteiger partial charge >= 0.3 is 0 Å². The van der Waals surface area contributed by atoms with E-state index in [1.165, 1.54) is 28.2 Å². The van der Waals surface area contributed by atoms with Crippen molar-refractivity contribution in [2.24, 2.45) is 28.2 Å². The highest BCUT2D eigenvalue weighted by molar-refractivity contribution is 6.63. The van der Waals surface area contributed by atoms with Crippen molar-refractivity contribution in [1.29, 1.82) is 0 Å². The molecule has 20 rings (SSSR count). The van der Waals surface area contributed by atoms with E-state index in [0.717, 1.165) is 51.5 Å². The lowest BCUT2D eigenvalue weighted by atomic mass is 9.73. The fourth-order valence-corrected chi connectivity index (χ4v) is 16.2. The molecule has 0 aliphatic carbocycles. The van der Waals surface area contributed by atoms with Gasteiger partial charge < -0.3 is 9.13 Å². The van der Waals surface area contributed by atoms with Crippen molar-refractivity contribution in [2.75, 3.05) is 0 Å². The Balaban J connectivity index is 1.25. The Morgan fingerprint density at radius 2 is 0.450 bits per heavy atom. The number of pyridine rings is 4. The van der Waals surface area contributed by atoms with Crippen molar-refractivity contribution in [2.45, 2.75) is 13.8 Å². The molecule has 6 aromatic heterocycles. The highest BCUT2D eigenvalue weighted by atomic mass is 16.2. The molecule has 14 heteroatoms. The molecule has 0 aliphatic rings. The second-order valence-electron chi connectivity index (χ2n) is 23.0. The lowest BCUT2D eigenvalue weighted by Gasteiger charge is -2.28. The minimum absolute atomic E-state index is 0.243. The van der Waals surface area contributed by atoms with Gasteiger partial charge in [0.1, 0.15) is 0 Å². The second kappa shape index (κ2) is 12.2. The molecular weight excluding hydrogens is 1000 g/mol. The summed E-state index contributed by atoms with van der Waals surface area (Å²) < 4.78 is 8.68. The van der Waals surface area contributed by atoms with E-state index in [0.29, 0.717) is 141 Å². The Hall–Kier alpha value is -10.6. The molecular formula is C66H32N6O8. The van der Waals surface area contributed by atoms with E-state index >= 15 is 28.8 Å². The van der Waals surface area contributed by atoms with E-state index in [2.05, 4.69) is 9.13 Å². The Morgan fingerprint density at radius 3 is 0.762 bits per heavy atom. The summed E-state index contributed by atoms with van der Waals surface area (Å²) in [6, 6.07) is 27.0. The summed E-state index contributed by atoms with van der Waals surface area (Å²) in [6.07, 6.45) is 0. The third-order valence-corrected chi connectivity index (χ3v) is 19.5. The quantitative estimate of drug-likeness (QED) is 0.122. The van der Waals surface area contributed by atoms with Crippen LogP contribution in [0.3, 0.4) is 0 Å². The van der Waals surface area contributed by atoms with Crippen LogP contribution in [0, 0.1) is 13.8 Å².